The van der Waals surface area contributed by atoms with Crippen molar-refractivity contribution < 1.29 is 14.7 Å². The summed E-state index contributed by atoms with van der Waals surface area (Å²) in [5, 5.41) is 15.1. The topological polar surface area (TPSA) is 92.4 Å². The molecule has 4 rings (SSSR count). The molecule has 1 aromatic heterocycles. The van der Waals surface area contributed by atoms with Crippen LogP contribution in [0.1, 0.15) is 20.0 Å². The second-order valence-corrected chi connectivity index (χ2v) is 8.84. The van der Waals surface area contributed by atoms with Gasteiger partial charge in [0.25, 0.3) is 11.8 Å². The number of primary amides is 1. The Balaban J connectivity index is 1.83. The van der Waals surface area contributed by atoms with E-state index in [1.165, 1.54) is 17.4 Å². The summed E-state index contributed by atoms with van der Waals surface area (Å²) < 4.78 is 0.829. The number of benzene rings is 3. The van der Waals surface area contributed by atoms with E-state index >= 15 is 0 Å². The van der Waals surface area contributed by atoms with Crippen LogP contribution in [0.25, 0.3) is 21.2 Å². The molecule has 4 aromatic rings. The van der Waals surface area contributed by atoms with Gasteiger partial charge in [-0.15, -0.1) is 11.3 Å². The van der Waals surface area contributed by atoms with Gasteiger partial charge in [-0.3, -0.25) is 9.59 Å². The van der Waals surface area contributed by atoms with Crippen molar-refractivity contribution in [3.05, 3.63) is 80.1 Å². The summed E-state index contributed by atoms with van der Waals surface area (Å²) in [7, 11) is 0. The molecule has 0 aliphatic heterocycles. The molecule has 3 aromatic carbocycles. The molecular formula is C22H13Cl3N2O3S. The summed E-state index contributed by atoms with van der Waals surface area (Å²) in [6, 6.07) is 15.2. The Morgan fingerprint density at radius 2 is 1.68 bits per heavy atom. The van der Waals surface area contributed by atoms with Crippen LogP contribution in [0.2, 0.25) is 15.1 Å². The van der Waals surface area contributed by atoms with Crippen molar-refractivity contribution in [3.63, 3.8) is 0 Å². The molecule has 0 spiro atoms. The highest BCUT2D eigenvalue weighted by molar-refractivity contribution is 7.21. The fourth-order valence-corrected chi connectivity index (χ4v) is 5.03. The average molecular weight is 492 g/mol. The maximum absolute atomic E-state index is 13.0. The molecule has 5 nitrogen and oxygen atoms in total. The second-order valence-electron chi connectivity index (χ2n) is 6.57. The van der Waals surface area contributed by atoms with Gasteiger partial charge in [-0.25, -0.2) is 0 Å². The molecule has 0 atom stereocenters. The predicted molar refractivity (Wildman–Crippen MR) is 127 cm³/mol. The molecule has 156 valence electrons. The fourth-order valence-electron chi connectivity index (χ4n) is 3.18. The SMILES string of the molecule is NC(=O)c1cc(Cl)c(-c2ccc(Cl)cc2)c(O)c1NC(=O)c1sc2ccccc2c1Cl. The number of rotatable bonds is 4. The number of phenolic OH excluding ortho intramolecular Hbond substituents is 1. The fraction of sp³-hybridized carbons (Fsp3) is 0. The van der Waals surface area contributed by atoms with Crippen LogP contribution in [0.5, 0.6) is 5.75 Å². The van der Waals surface area contributed by atoms with Crippen molar-refractivity contribution in [3.8, 4) is 16.9 Å². The number of anilines is 1. The molecule has 0 unspecified atom stereocenters. The molecule has 9 heteroatoms. The van der Waals surface area contributed by atoms with E-state index in [4.69, 9.17) is 40.5 Å². The number of nitrogens with one attached hydrogen (secondary N) is 1. The van der Waals surface area contributed by atoms with Crippen molar-refractivity contribution in [2.75, 3.05) is 5.32 Å². The first kappa shape index (κ1) is 21.5. The second kappa shape index (κ2) is 8.40. The summed E-state index contributed by atoms with van der Waals surface area (Å²) in [4.78, 5) is 25.3. The van der Waals surface area contributed by atoms with Crippen LogP contribution in [-0.2, 0) is 0 Å². The molecule has 0 fully saturated rings. The standard InChI is InChI=1S/C22H13Cl3N2O3S/c23-11-7-5-10(6-8-11)16-14(24)9-13(21(26)29)18(19(16)28)27-22(30)20-17(25)12-3-1-2-4-15(12)31-20/h1-9,28H,(H2,26,29)(H,27,30). The quantitative estimate of drug-likeness (QED) is 0.281. The first-order chi connectivity index (χ1) is 14.8. The summed E-state index contributed by atoms with van der Waals surface area (Å²) in [6.07, 6.45) is 0. The van der Waals surface area contributed by atoms with Crippen LogP contribution in [0.15, 0.2) is 54.6 Å². The maximum atomic E-state index is 13.0. The van der Waals surface area contributed by atoms with Gasteiger partial charge in [0.05, 0.1) is 21.3 Å². The first-order valence-corrected chi connectivity index (χ1v) is 10.8. The smallest absolute Gasteiger partial charge is 0.267 e. The number of phenols is 1. The summed E-state index contributed by atoms with van der Waals surface area (Å²) in [5.74, 6) is -1.85. The lowest BCUT2D eigenvalue weighted by molar-refractivity contribution is 0.100. The van der Waals surface area contributed by atoms with E-state index in [-0.39, 0.29) is 31.7 Å². The molecule has 1 heterocycles. The van der Waals surface area contributed by atoms with E-state index in [0.29, 0.717) is 10.6 Å². The van der Waals surface area contributed by atoms with Crippen molar-refractivity contribution >= 4 is 73.7 Å². The zero-order chi connectivity index (χ0) is 22.3. The Hall–Kier alpha value is -2.77. The van der Waals surface area contributed by atoms with Gasteiger partial charge in [0.1, 0.15) is 10.6 Å². The monoisotopic (exact) mass is 490 g/mol. The Morgan fingerprint density at radius 1 is 1.00 bits per heavy atom. The number of nitrogens with two attached hydrogens (primary N) is 1. The first-order valence-electron chi connectivity index (χ1n) is 8.87. The van der Waals surface area contributed by atoms with Crippen LogP contribution in [0.4, 0.5) is 5.69 Å². The number of hydrogen-bond acceptors (Lipinski definition) is 4. The number of carbonyl (C=O) groups is 2. The molecule has 4 N–H and O–H groups in total. The number of carbonyl (C=O) groups excluding carboxylic acids is 2. The molecular weight excluding hydrogens is 479 g/mol. The van der Waals surface area contributed by atoms with Crippen LogP contribution >= 0.6 is 46.1 Å². The number of halogens is 3. The highest BCUT2D eigenvalue weighted by atomic mass is 35.5. The van der Waals surface area contributed by atoms with Crippen molar-refractivity contribution in [1.82, 2.24) is 0 Å². The minimum absolute atomic E-state index is 0.0894. The third-order valence-electron chi connectivity index (χ3n) is 4.63. The van der Waals surface area contributed by atoms with E-state index in [0.717, 1.165) is 10.1 Å². The molecule has 0 radical (unpaired) electrons. The van der Waals surface area contributed by atoms with E-state index in [1.807, 2.05) is 18.2 Å². The van der Waals surface area contributed by atoms with Gasteiger partial charge in [0.2, 0.25) is 0 Å². The van der Waals surface area contributed by atoms with Crippen molar-refractivity contribution in [2.45, 2.75) is 0 Å². The van der Waals surface area contributed by atoms with Gasteiger partial charge in [-0.2, -0.15) is 0 Å². The van der Waals surface area contributed by atoms with Crippen LogP contribution in [0.3, 0.4) is 0 Å². The van der Waals surface area contributed by atoms with Crippen LogP contribution in [0, 0.1) is 0 Å². The Morgan fingerprint density at radius 3 is 2.32 bits per heavy atom. The van der Waals surface area contributed by atoms with E-state index in [2.05, 4.69) is 5.32 Å². The summed E-state index contributed by atoms with van der Waals surface area (Å²) >= 11 is 19.8. The number of fused-ring (bicyclic) bond motifs is 1. The molecule has 0 saturated carbocycles. The predicted octanol–water partition coefficient (Wildman–Crippen LogP) is 6.59. The zero-order valence-corrected chi connectivity index (χ0v) is 18.7. The number of thiophene rings is 1. The highest BCUT2D eigenvalue weighted by Crippen LogP contribution is 2.44. The van der Waals surface area contributed by atoms with Gasteiger partial charge < -0.3 is 16.2 Å². The molecule has 0 aliphatic carbocycles. The van der Waals surface area contributed by atoms with Gasteiger partial charge in [-0.05, 0) is 29.8 Å². The lowest BCUT2D eigenvalue weighted by Crippen LogP contribution is -2.18. The van der Waals surface area contributed by atoms with Gasteiger partial charge in [-0.1, -0.05) is 65.1 Å². The number of aromatic hydroxyl groups is 1. The molecule has 0 bridgehead atoms. The van der Waals surface area contributed by atoms with Crippen molar-refractivity contribution in [2.24, 2.45) is 5.73 Å². The molecule has 31 heavy (non-hydrogen) atoms. The van der Waals surface area contributed by atoms with E-state index < -0.39 is 17.6 Å². The molecule has 0 saturated heterocycles. The van der Waals surface area contributed by atoms with Gasteiger partial charge in [0.15, 0.2) is 0 Å². The summed E-state index contributed by atoms with van der Waals surface area (Å²) in [6.45, 7) is 0. The highest BCUT2D eigenvalue weighted by Gasteiger charge is 2.25. The largest absolute Gasteiger partial charge is 0.505 e. The lowest BCUT2D eigenvalue weighted by Gasteiger charge is -2.16. The normalized spacial score (nSPS) is 10.9. The minimum atomic E-state index is -0.863. The third kappa shape index (κ3) is 3.95. The van der Waals surface area contributed by atoms with E-state index in [1.54, 1.807) is 30.3 Å². The number of hydrogen-bond donors (Lipinski definition) is 3. The minimum Gasteiger partial charge on any atom is -0.505 e. The van der Waals surface area contributed by atoms with Crippen LogP contribution in [-0.4, -0.2) is 16.9 Å². The third-order valence-corrected chi connectivity index (χ3v) is 6.86. The van der Waals surface area contributed by atoms with Gasteiger partial charge >= 0.3 is 0 Å². The molecule has 0 aliphatic rings. The summed E-state index contributed by atoms with van der Waals surface area (Å²) in [5.41, 5.74) is 5.94. The Bertz CT molecular complexity index is 1350. The van der Waals surface area contributed by atoms with Crippen LogP contribution < -0.4 is 11.1 Å². The van der Waals surface area contributed by atoms with Crippen molar-refractivity contribution in [1.29, 1.82) is 0 Å². The average Bonchev–Trinajstić information content (AvgIpc) is 3.08. The maximum Gasteiger partial charge on any atom is 0.267 e. The van der Waals surface area contributed by atoms with E-state index in [9.17, 15) is 14.7 Å². The zero-order valence-electron chi connectivity index (χ0n) is 15.6. The van der Waals surface area contributed by atoms with Gasteiger partial charge in [0, 0.05) is 20.7 Å². The Kier molecular flexibility index (Phi) is 5.81. The molecule has 2 amide bonds. The number of amides is 2. The Labute approximate surface area is 196 Å². The lowest BCUT2D eigenvalue weighted by atomic mass is 10.00.